The second-order valence-corrected chi connectivity index (χ2v) is 11.2. The number of H-pyrrole nitrogens is 1. The largest absolute Gasteiger partial charge is 0.475 e. The van der Waals surface area contributed by atoms with Crippen molar-refractivity contribution in [1.29, 1.82) is 0 Å². The summed E-state index contributed by atoms with van der Waals surface area (Å²) in [7, 11) is -4.07. The van der Waals surface area contributed by atoms with Crippen LogP contribution in [0.5, 0.6) is 0 Å². The predicted octanol–water partition coefficient (Wildman–Crippen LogP) is 2.93. The number of nitrogens with zero attached hydrogens (tertiary/aromatic N) is 2. The molecule has 15 heteroatoms. The van der Waals surface area contributed by atoms with E-state index in [0.29, 0.717) is 22.0 Å². The maximum atomic E-state index is 13.2. The van der Waals surface area contributed by atoms with Gasteiger partial charge in [-0.15, -0.1) is 0 Å². The third-order valence-corrected chi connectivity index (χ3v) is 8.24. The van der Waals surface area contributed by atoms with Gasteiger partial charge in [0.15, 0.2) is 11.9 Å². The van der Waals surface area contributed by atoms with E-state index < -0.39 is 50.1 Å². The molecule has 2 aliphatic rings. The van der Waals surface area contributed by atoms with E-state index in [1.807, 2.05) is 0 Å². The molecule has 0 radical (unpaired) electrons. The molecule has 12 nitrogen and oxygen atoms in total. The fourth-order valence-corrected chi connectivity index (χ4v) is 6.26. The van der Waals surface area contributed by atoms with Gasteiger partial charge in [-0.2, -0.15) is 4.98 Å². The molecule has 0 unspecified atom stereocenters. The number of halogens is 2. The highest BCUT2D eigenvalue weighted by molar-refractivity contribution is 7.48. The van der Waals surface area contributed by atoms with Crippen molar-refractivity contribution in [3.8, 4) is 0 Å². The lowest BCUT2D eigenvalue weighted by Crippen LogP contribution is -2.44. The number of aliphatic hydroxyl groups excluding tert-OH is 1. The molecule has 6 atom stereocenters. The number of phosphoric ester groups is 1. The van der Waals surface area contributed by atoms with E-state index in [1.54, 1.807) is 18.2 Å². The molecule has 5 rings (SSSR count). The molecule has 194 valence electrons. The lowest BCUT2D eigenvalue weighted by Gasteiger charge is -2.30. The predicted molar refractivity (Wildman–Crippen MR) is 130 cm³/mol. The van der Waals surface area contributed by atoms with Crippen LogP contribution in [0.3, 0.4) is 0 Å². The smallest absolute Gasteiger partial charge is 0.387 e. The van der Waals surface area contributed by atoms with Crippen LogP contribution in [0.25, 0.3) is 11.0 Å². The third kappa shape index (κ3) is 4.58. The Kier molecular flexibility index (Phi) is 6.69. The van der Waals surface area contributed by atoms with E-state index >= 15 is 0 Å². The van der Waals surface area contributed by atoms with Gasteiger partial charge >= 0.3 is 7.82 Å². The lowest BCUT2D eigenvalue weighted by atomic mass is 9.96. The number of hydrogen-bond donors (Lipinski definition) is 4. The second-order valence-electron chi connectivity index (χ2n) is 8.73. The summed E-state index contributed by atoms with van der Waals surface area (Å²) in [5, 5.41) is 22.9. The molecular formula is C21H23Cl2N4O8P. The number of aromatic amines is 1. The summed E-state index contributed by atoms with van der Waals surface area (Å²) in [6.45, 7) is 1.01. The molecule has 0 spiro atoms. The van der Waals surface area contributed by atoms with Gasteiger partial charge in [-0.3, -0.25) is 23.3 Å². The monoisotopic (exact) mass is 560 g/mol. The van der Waals surface area contributed by atoms with Gasteiger partial charge in [0, 0.05) is 28.2 Å². The van der Waals surface area contributed by atoms with E-state index in [-0.39, 0.29) is 23.6 Å². The summed E-state index contributed by atoms with van der Waals surface area (Å²) in [4.78, 5) is 18.7. The van der Waals surface area contributed by atoms with Crippen molar-refractivity contribution >= 4 is 48.0 Å². The Morgan fingerprint density at radius 2 is 2.17 bits per heavy atom. The Hall–Kier alpha value is -1.99. The zero-order valence-corrected chi connectivity index (χ0v) is 21.2. The minimum atomic E-state index is -4.07. The highest BCUT2D eigenvalue weighted by atomic mass is 35.5. The topological polar surface area (TPSA) is 171 Å². The summed E-state index contributed by atoms with van der Waals surface area (Å²) in [5.41, 5.74) is 4.10. The summed E-state index contributed by atoms with van der Waals surface area (Å²) in [6.07, 6.45) is -2.56. The molecule has 2 saturated heterocycles. The van der Waals surface area contributed by atoms with Crippen LogP contribution in [0.2, 0.25) is 10.0 Å². The van der Waals surface area contributed by atoms with Crippen LogP contribution < -0.4 is 11.3 Å². The number of aromatic nitrogens is 3. The number of fused-ring (bicyclic) bond motifs is 1. The van der Waals surface area contributed by atoms with Crippen LogP contribution >= 0.6 is 31.0 Å². The molecular weight excluding hydrogens is 538 g/mol. The number of hydrogen-bond acceptors (Lipinski definition) is 10. The molecule has 0 amide bonds. The first-order valence-electron chi connectivity index (χ1n) is 10.9. The van der Waals surface area contributed by atoms with Crippen molar-refractivity contribution < 1.29 is 33.1 Å². The molecule has 0 bridgehead atoms. The van der Waals surface area contributed by atoms with Crippen molar-refractivity contribution in [3.63, 3.8) is 0 Å². The molecule has 4 heterocycles. The molecule has 1 aromatic carbocycles. The molecule has 2 aromatic heterocycles. The van der Waals surface area contributed by atoms with E-state index in [0.717, 1.165) is 0 Å². The van der Waals surface area contributed by atoms with E-state index in [1.165, 1.54) is 23.8 Å². The summed E-state index contributed by atoms with van der Waals surface area (Å²) < 4.78 is 36.8. The molecule has 0 saturated carbocycles. The van der Waals surface area contributed by atoms with Crippen LogP contribution in [-0.4, -0.2) is 55.8 Å². The number of rotatable bonds is 5. The number of nitrogen functional groups attached to an aromatic ring is 1. The van der Waals surface area contributed by atoms with Crippen molar-refractivity contribution in [2.24, 2.45) is 0 Å². The van der Waals surface area contributed by atoms with Crippen LogP contribution in [0, 0.1) is 0 Å². The van der Waals surface area contributed by atoms with Gasteiger partial charge in [-0.05, 0) is 25.1 Å². The van der Waals surface area contributed by atoms with Gasteiger partial charge < -0.3 is 25.3 Å². The number of benzene rings is 1. The van der Waals surface area contributed by atoms with Gasteiger partial charge in [-0.25, -0.2) is 4.57 Å². The quantitative estimate of drug-likeness (QED) is 0.340. The number of anilines is 1. The summed E-state index contributed by atoms with van der Waals surface area (Å²) in [5.74, 6) is -0.120. The minimum absolute atomic E-state index is 0.0757. The number of aliphatic hydroxyl groups is 2. The maximum absolute atomic E-state index is 13.2. The average molecular weight is 561 g/mol. The lowest BCUT2D eigenvalue weighted by molar-refractivity contribution is -0.0950. The SMILES string of the molecule is C[C@@]1(O)[C@H](O)[C@@H](CO[P@@]2(=O)OCC[C@@H](c3ccc(Cl)cc3Cl)O2)O[C@H]1n1ccc2c(=O)[nH]c(N)nc21. The van der Waals surface area contributed by atoms with Gasteiger partial charge in [-0.1, -0.05) is 29.3 Å². The Bertz CT molecular complexity index is 1410. The molecule has 5 N–H and O–H groups in total. The number of nitrogens with two attached hydrogens (primary N) is 1. The van der Waals surface area contributed by atoms with Crippen molar-refractivity contribution in [3.05, 3.63) is 56.4 Å². The second kappa shape index (κ2) is 9.39. The summed E-state index contributed by atoms with van der Waals surface area (Å²) >= 11 is 12.2. The van der Waals surface area contributed by atoms with Gasteiger partial charge in [0.05, 0.1) is 24.7 Å². The van der Waals surface area contributed by atoms with Crippen LogP contribution in [0.1, 0.15) is 31.2 Å². The van der Waals surface area contributed by atoms with Crippen LogP contribution in [-0.2, 0) is 22.9 Å². The Morgan fingerprint density at radius 1 is 1.39 bits per heavy atom. The minimum Gasteiger partial charge on any atom is -0.387 e. The zero-order chi connectivity index (χ0) is 25.8. The maximum Gasteiger partial charge on any atom is 0.475 e. The Morgan fingerprint density at radius 3 is 2.92 bits per heavy atom. The highest BCUT2D eigenvalue weighted by Gasteiger charge is 2.54. The fraction of sp³-hybridized carbons (Fsp3) is 0.429. The average Bonchev–Trinajstić information content (AvgIpc) is 3.31. The number of ether oxygens (including phenoxy) is 1. The number of phosphoric acid groups is 1. The van der Waals surface area contributed by atoms with Crippen molar-refractivity contribution in [1.82, 2.24) is 14.5 Å². The van der Waals surface area contributed by atoms with E-state index in [4.69, 9.17) is 47.2 Å². The highest BCUT2D eigenvalue weighted by Crippen LogP contribution is 2.58. The Balaban J connectivity index is 1.33. The molecule has 36 heavy (non-hydrogen) atoms. The first kappa shape index (κ1) is 25.7. The van der Waals surface area contributed by atoms with Crippen LogP contribution in [0.4, 0.5) is 5.95 Å². The van der Waals surface area contributed by atoms with Gasteiger partial charge in [0.25, 0.3) is 5.56 Å². The van der Waals surface area contributed by atoms with Crippen molar-refractivity contribution in [2.45, 2.75) is 43.5 Å². The first-order valence-corrected chi connectivity index (χ1v) is 13.1. The fourth-order valence-electron chi connectivity index (χ4n) is 4.34. The van der Waals surface area contributed by atoms with Gasteiger partial charge in [0.1, 0.15) is 17.8 Å². The standard InChI is InChI=1S/C21H23Cl2N4O8P/c1-21(30)16(28)15(34-19(21)27-6-4-12-17(27)25-20(24)26-18(12)29)9-33-36(31)32-7-5-14(35-36)11-3-2-10(22)8-13(11)23/h2-4,6,8,14-16,19,28,30H,5,7,9H2,1H3,(H3,24,25,26,29)/t14-,15+,16+,19+,21+,36+/m0/s1. The van der Waals surface area contributed by atoms with E-state index in [2.05, 4.69) is 9.97 Å². The normalized spacial score (nSPS) is 32.8. The Labute approximate surface area is 214 Å². The van der Waals surface area contributed by atoms with Gasteiger partial charge in [0.2, 0.25) is 5.95 Å². The number of nitrogens with one attached hydrogen (secondary N) is 1. The first-order chi connectivity index (χ1) is 17.0. The zero-order valence-electron chi connectivity index (χ0n) is 18.8. The molecule has 0 aliphatic carbocycles. The third-order valence-electron chi connectivity index (χ3n) is 6.20. The van der Waals surface area contributed by atoms with E-state index in [9.17, 15) is 19.6 Å². The molecule has 2 fully saturated rings. The van der Waals surface area contributed by atoms with Crippen molar-refractivity contribution in [2.75, 3.05) is 18.9 Å². The molecule has 2 aliphatic heterocycles. The molecule has 3 aromatic rings. The summed E-state index contributed by atoms with van der Waals surface area (Å²) in [6, 6.07) is 6.35. The van der Waals surface area contributed by atoms with Crippen LogP contribution in [0.15, 0.2) is 35.3 Å².